The van der Waals surface area contributed by atoms with E-state index in [0.29, 0.717) is 0 Å². The summed E-state index contributed by atoms with van der Waals surface area (Å²) in [6.45, 7) is 4.76. The van der Waals surface area contributed by atoms with E-state index in [2.05, 4.69) is 30.8 Å². The normalized spacial score (nSPS) is 10.4. The van der Waals surface area contributed by atoms with Gasteiger partial charge in [-0.1, -0.05) is 6.07 Å². The Kier molecular flexibility index (Phi) is 3.97. The number of hydrogen-bond acceptors (Lipinski definition) is 3. The first kappa shape index (κ1) is 13.0. The highest BCUT2D eigenvalue weighted by atomic mass is 79.9. The van der Waals surface area contributed by atoms with Gasteiger partial charge in [0, 0.05) is 17.2 Å². The summed E-state index contributed by atoms with van der Waals surface area (Å²) < 4.78 is 1.04. The zero-order chi connectivity index (χ0) is 13.1. The van der Waals surface area contributed by atoms with Crippen LogP contribution in [0.2, 0.25) is 0 Å². The van der Waals surface area contributed by atoms with Crippen LogP contribution in [0, 0.1) is 13.8 Å². The standard InChI is InChI=1S/C14H16BrN3/c1-10-5-4-6-12(16-10)9-18(3)14-8-7-13(15)11(2)17-14/h4-8H,9H2,1-3H3. The Bertz CT molecular complexity index is 554. The molecule has 0 aliphatic rings. The molecule has 0 radical (unpaired) electrons. The van der Waals surface area contributed by atoms with Crippen LogP contribution in [-0.2, 0) is 6.54 Å². The molecule has 0 amide bonds. The van der Waals surface area contributed by atoms with Gasteiger partial charge in [-0.3, -0.25) is 4.98 Å². The summed E-state index contributed by atoms with van der Waals surface area (Å²) >= 11 is 3.46. The predicted molar refractivity (Wildman–Crippen MR) is 77.8 cm³/mol. The third kappa shape index (κ3) is 3.07. The molecule has 0 saturated heterocycles. The molecule has 0 fully saturated rings. The van der Waals surface area contributed by atoms with Gasteiger partial charge in [0.15, 0.2) is 0 Å². The molecular formula is C14H16BrN3. The summed E-state index contributed by atoms with van der Waals surface area (Å²) in [7, 11) is 2.03. The van der Waals surface area contributed by atoms with Crippen LogP contribution < -0.4 is 4.90 Å². The van der Waals surface area contributed by atoms with Crippen LogP contribution in [0.5, 0.6) is 0 Å². The van der Waals surface area contributed by atoms with E-state index >= 15 is 0 Å². The second-order valence-corrected chi connectivity index (χ2v) is 5.22. The maximum Gasteiger partial charge on any atom is 0.128 e. The first-order valence-electron chi connectivity index (χ1n) is 5.83. The number of pyridine rings is 2. The van der Waals surface area contributed by atoms with Gasteiger partial charge in [0.05, 0.1) is 17.9 Å². The van der Waals surface area contributed by atoms with Gasteiger partial charge in [-0.05, 0) is 54.0 Å². The number of halogens is 1. The van der Waals surface area contributed by atoms with Crippen molar-refractivity contribution in [3.8, 4) is 0 Å². The van der Waals surface area contributed by atoms with Crippen LogP contribution >= 0.6 is 15.9 Å². The van der Waals surface area contributed by atoms with Crippen molar-refractivity contribution < 1.29 is 0 Å². The van der Waals surface area contributed by atoms with Gasteiger partial charge in [0.2, 0.25) is 0 Å². The molecule has 0 unspecified atom stereocenters. The zero-order valence-electron chi connectivity index (χ0n) is 10.8. The van der Waals surface area contributed by atoms with Gasteiger partial charge in [-0.2, -0.15) is 0 Å². The van der Waals surface area contributed by atoms with Crippen molar-refractivity contribution >= 4 is 21.7 Å². The second-order valence-electron chi connectivity index (χ2n) is 4.36. The molecule has 2 aromatic rings. The summed E-state index contributed by atoms with van der Waals surface area (Å²) in [5.41, 5.74) is 3.09. The van der Waals surface area contributed by atoms with Gasteiger partial charge < -0.3 is 4.90 Å². The second kappa shape index (κ2) is 5.48. The average Bonchev–Trinajstić information content (AvgIpc) is 2.32. The Balaban J connectivity index is 2.16. The molecule has 2 rings (SSSR count). The highest BCUT2D eigenvalue weighted by Crippen LogP contribution is 2.19. The quantitative estimate of drug-likeness (QED) is 0.869. The lowest BCUT2D eigenvalue weighted by Crippen LogP contribution is -2.18. The van der Waals surface area contributed by atoms with Crippen LogP contribution in [0.3, 0.4) is 0 Å². The smallest absolute Gasteiger partial charge is 0.128 e. The molecule has 94 valence electrons. The predicted octanol–water partition coefficient (Wildman–Crippen LogP) is 3.49. The van der Waals surface area contributed by atoms with E-state index in [1.54, 1.807) is 0 Å². The minimum atomic E-state index is 0.760. The van der Waals surface area contributed by atoms with E-state index in [4.69, 9.17) is 0 Å². The topological polar surface area (TPSA) is 29.0 Å². The lowest BCUT2D eigenvalue weighted by Gasteiger charge is -2.18. The molecular weight excluding hydrogens is 290 g/mol. The fourth-order valence-electron chi connectivity index (χ4n) is 1.75. The lowest BCUT2D eigenvalue weighted by atomic mass is 10.3. The van der Waals surface area contributed by atoms with Crippen molar-refractivity contribution in [2.75, 3.05) is 11.9 Å². The van der Waals surface area contributed by atoms with Gasteiger partial charge in [-0.25, -0.2) is 4.98 Å². The van der Waals surface area contributed by atoms with E-state index in [0.717, 1.165) is 33.9 Å². The van der Waals surface area contributed by atoms with E-state index in [1.807, 2.05) is 51.2 Å². The minimum absolute atomic E-state index is 0.760. The van der Waals surface area contributed by atoms with Crippen molar-refractivity contribution in [1.82, 2.24) is 9.97 Å². The number of hydrogen-bond donors (Lipinski definition) is 0. The monoisotopic (exact) mass is 305 g/mol. The molecule has 0 N–H and O–H groups in total. The highest BCUT2D eigenvalue weighted by Gasteiger charge is 2.06. The maximum atomic E-state index is 4.54. The fraction of sp³-hybridized carbons (Fsp3) is 0.286. The first-order chi connectivity index (χ1) is 8.56. The number of anilines is 1. The average molecular weight is 306 g/mol. The van der Waals surface area contributed by atoms with Crippen LogP contribution in [-0.4, -0.2) is 17.0 Å². The van der Waals surface area contributed by atoms with E-state index in [9.17, 15) is 0 Å². The number of aromatic nitrogens is 2. The Hall–Kier alpha value is -1.42. The van der Waals surface area contributed by atoms with Crippen molar-refractivity contribution in [2.45, 2.75) is 20.4 Å². The first-order valence-corrected chi connectivity index (χ1v) is 6.62. The zero-order valence-corrected chi connectivity index (χ0v) is 12.4. The third-order valence-corrected chi connectivity index (χ3v) is 3.58. The molecule has 18 heavy (non-hydrogen) atoms. The van der Waals surface area contributed by atoms with E-state index in [1.165, 1.54) is 0 Å². The molecule has 3 nitrogen and oxygen atoms in total. The van der Waals surface area contributed by atoms with Gasteiger partial charge in [0.1, 0.15) is 5.82 Å². The summed E-state index contributed by atoms with van der Waals surface area (Å²) in [5.74, 6) is 0.957. The van der Waals surface area contributed by atoms with Crippen molar-refractivity contribution in [2.24, 2.45) is 0 Å². The largest absolute Gasteiger partial charge is 0.354 e. The van der Waals surface area contributed by atoms with Crippen molar-refractivity contribution in [3.05, 3.63) is 51.9 Å². The highest BCUT2D eigenvalue weighted by molar-refractivity contribution is 9.10. The molecule has 0 spiro atoms. The van der Waals surface area contributed by atoms with E-state index in [-0.39, 0.29) is 0 Å². The minimum Gasteiger partial charge on any atom is -0.354 e. The van der Waals surface area contributed by atoms with Gasteiger partial charge in [0.25, 0.3) is 0 Å². The molecule has 0 bridgehead atoms. The van der Waals surface area contributed by atoms with Crippen molar-refractivity contribution in [1.29, 1.82) is 0 Å². The lowest BCUT2D eigenvalue weighted by molar-refractivity contribution is 0.855. The fourth-order valence-corrected chi connectivity index (χ4v) is 1.98. The summed E-state index contributed by atoms with van der Waals surface area (Å²) in [5, 5.41) is 0. The molecule has 2 aromatic heterocycles. The summed E-state index contributed by atoms with van der Waals surface area (Å²) in [4.78, 5) is 11.1. The van der Waals surface area contributed by atoms with Crippen LogP contribution in [0.4, 0.5) is 5.82 Å². The van der Waals surface area contributed by atoms with E-state index < -0.39 is 0 Å². The molecule has 2 heterocycles. The molecule has 0 aromatic carbocycles. The molecule has 0 aliphatic carbocycles. The Morgan fingerprint density at radius 2 is 1.89 bits per heavy atom. The van der Waals surface area contributed by atoms with Gasteiger partial charge in [-0.15, -0.1) is 0 Å². The maximum absolute atomic E-state index is 4.54. The Morgan fingerprint density at radius 3 is 2.56 bits per heavy atom. The number of nitrogens with zero attached hydrogens (tertiary/aromatic N) is 3. The molecule has 0 aliphatic heterocycles. The van der Waals surface area contributed by atoms with Crippen LogP contribution in [0.15, 0.2) is 34.8 Å². The Labute approximate surface area is 116 Å². The SMILES string of the molecule is Cc1cccc(CN(C)c2ccc(Br)c(C)n2)n1. The molecule has 4 heteroatoms. The third-order valence-electron chi connectivity index (χ3n) is 2.74. The Morgan fingerprint density at radius 1 is 1.11 bits per heavy atom. The number of rotatable bonds is 3. The number of aryl methyl sites for hydroxylation is 2. The van der Waals surface area contributed by atoms with Crippen LogP contribution in [0.1, 0.15) is 17.1 Å². The molecule has 0 atom stereocenters. The van der Waals surface area contributed by atoms with Crippen molar-refractivity contribution in [3.63, 3.8) is 0 Å². The summed E-state index contributed by atoms with van der Waals surface area (Å²) in [6, 6.07) is 10.1. The van der Waals surface area contributed by atoms with Gasteiger partial charge >= 0.3 is 0 Å². The molecule has 0 saturated carbocycles. The van der Waals surface area contributed by atoms with Crippen LogP contribution in [0.25, 0.3) is 0 Å². The summed E-state index contributed by atoms with van der Waals surface area (Å²) in [6.07, 6.45) is 0.